The molecule has 0 radical (unpaired) electrons. The number of hydrogen-bond donors (Lipinski definition) is 0. The van der Waals surface area contributed by atoms with Crippen molar-refractivity contribution in [1.82, 2.24) is 0 Å². The highest BCUT2D eigenvalue weighted by Crippen LogP contribution is 2.38. The summed E-state index contributed by atoms with van der Waals surface area (Å²) in [6.07, 6.45) is 1.67. The maximum atomic E-state index is 11.6. The minimum Gasteiger partial charge on any atom is -0.496 e. The lowest BCUT2D eigenvalue weighted by atomic mass is 9.94. The van der Waals surface area contributed by atoms with Gasteiger partial charge in [0.2, 0.25) is 0 Å². The van der Waals surface area contributed by atoms with E-state index in [1.165, 1.54) is 0 Å². The van der Waals surface area contributed by atoms with Crippen molar-refractivity contribution in [3.63, 3.8) is 0 Å². The zero-order chi connectivity index (χ0) is 19.7. The summed E-state index contributed by atoms with van der Waals surface area (Å²) in [5.74, 6) is 1.29. The molecule has 0 aliphatic heterocycles. The van der Waals surface area contributed by atoms with Gasteiger partial charge in [-0.15, -0.1) is 10.1 Å². The highest BCUT2D eigenvalue weighted by atomic mass is 16.9. The molecule has 0 N–H and O–H groups in total. The number of hydrogen-bond acceptors (Lipinski definition) is 7. The van der Waals surface area contributed by atoms with Crippen molar-refractivity contribution in [2.75, 3.05) is 27.4 Å². The van der Waals surface area contributed by atoms with Gasteiger partial charge in [-0.3, -0.25) is 4.79 Å². The van der Waals surface area contributed by atoms with Crippen molar-refractivity contribution in [2.24, 2.45) is 0 Å². The molecule has 1 aromatic carbocycles. The first-order chi connectivity index (χ1) is 12.3. The second-order valence-corrected chi connectivity index (χ2v) is 5.90. The van der Waals surface area contributed by atoms with Crippen LogP contribution in [0.25, 0.3) is 0 Å². The second-order valence-electron chi connectivity index (χ2n) is 5.90. The van der Waals surface area contributed by atoms with Crippen LogP contribution in [-0.4, -0.2) is 38.5 Å². The van der Waals surface area contributed by atoms with Crippen LogP contribution >= 0.6 is 0 Å². The summed E-state index contributed by atoms with van der Waals surface area (Å²) < 4.78 is 16.2. The predicted octanol–water partition coefficient (Wildman–Crippen LogP) is 3.09. The largest absolute Gasteiger partial charge is 0.496 e. The summed E-state index contributed by atoms with van der Waals surface area (Å²) in [5, 5.41) is 9.13. The lowest BCUT2D eigenvalue weighted by Gasteiger charge is -2.20. The van der Waals surface area contributed by atoms with E-state index in [0.29, 0.717) is 12.8 Å². The van der Waals surface area contributed by atoms with Gasteiger partial charge in [0.25, 0.3) is 5.09 Å². The lowest BCUT2D eigenvalue weighted by Crippen LogP contribution is -2.10. The van der Waals surface area contributed by atoms with Crippen LogP contribution in [0, 0.1) is 30.9 Å². The Morgan fingerprint density at radius 3 is 2.15 bits per heavy atom. The van der Waals surface area contributed by atoms with E-state index in [1.807, 2.05) is 20.8 Å². The first-order valence-corrected chi connectivity index (χ1v) is 8.47. The molecule has 0 aromatic heterocycles. The number of ether oxygens (including phenoxy) is 3. The number of carbonyl (C=O) groups excluding carboxylic acids is 1. The number of nitrogens with zero attached hydrogens (tertiary/aromatic N) is 1. The monoisotopic (exact) mass is 369 g/mol. The van der Waals surface area contributed by atoms with Crippen LogP contribution in [0.2, 0.25) is 0 Å². The van der Waals surface area contributed by atoms with Gasteiger partial charge >= 0.3 is 5.97 Å². The Kier molecular flexibility index (Phi) is 8.67. The van der Waals surface area contributed by atoms with Crippen LogP contribution in [0.5, 0.6) is 11.5 Å². The molecule has 26 heavy (non-hydrogen) atoms. The van der Waals surface area contributed by atoms with Crippen molar-refractivity contribution in [1.29, 1.82) is 0 Å². The molecule has 0 fully saturated rings. The molecule has 8 heteroatoms. The maximum absolute atomic E-state index is 11.6. The van der Waals surface area contributed by atoms with Crippen molar-refractivity contribution in [3.8, 4) is 11.5 Å². The minimum absolute atomic E-state index is 0.0909. The number of rotatable bonds is 11. The zero-order valence-electron chi connectivity index (χ0n) is 16.0. The molecule has 0 bridgehead atoms. The van der Waals surface area contributed by atoms with E-state index in [9.17, 15) is 14.9 Å². The van der Waals surface area contributed by atoms with Gasteiger partial charge in [-0.05, 0) is 56.7 Å². The first-order valence-electron chi connectivity index (χ1n) is 8.47. The summed E-state index contributed by atoms with van der Waals surface area (Å²) in [4.78, 5) is 25.7. The summed E-state index contributed by atoms with van der Waals surface area (Å²) in [6.45, 7) is 6.14. The molecule has 0 aliphatic carbocycles. The molecule has 0 aliphatic rings. The standard InChI is InChI=1S/C18H27NO7/c1-12-13(2)18(24-5)15(14(3)17(12)23-4)8-6-10-25-16(20)9-7-11-26-19(21)22/h6-11H2,1-5H3. The van der Waals surface area contributed by atoms with Gasteiger partial charge in [0.1, 0.15) is 11.5 Å². The second kappa shape index (κ2) is 10.5. The fourth-order valence-electron chi connectivity index (χ4n) is 2.90. The Morgan fingerprint density at radius 1 is 0.962 bits per heavy atom. The molecule has 146 valence electrons. The van der Waals surface area contributed by atoms with Crippen LogP contribution in [0.4, 0.5) is 0 Å². The van der Waals surface area contributed by atoms with Gasteiger partial charge in [0.05, 0.1) is 27.4 Å². The fourth-order valence-corrected chi connectivity index (χ4v) is 2.90. The molecule has 0 spiro atoms. The van der Waals surface area contributed by atoms with Gasteiger partial charge < -0.3 is 19.0 Å². The number of esters is 1. The number of methoxy groups -OCH3 is 2. The minimum atomic E-state index is -0.876. The summed E-state index contributed by atoms with van der Waals surface area (Å²) in [6, 6.07) is 0. The summed E-state index contributed by atoms with van der Waals surface area (Å²) in [7, 11) is 3.29. The van der Waals surface area contributed by atoms with E-state index < -0.39 is 11.1 Å². The third kappa shape index (κ3) is 5.79. The van der Waals surface area contributed by atoms with Gasteiger partial charge in [0, 0.05) is 12.0 Å². The quantitative estimate of drug-likeness (QED) is 0.256. The lowest BCUT2D eigenvalue weighted by molar-refractivity contribution is -0.757. The van der Waals surface area contributed by atoms with E-state index in [-0.39, 0.29) is 26.1 Å². The SMILES string of the molecule is COc1c(C)c(C)c(OC)c(CCCOC(=O)CCCO[N+](=O)[O-])c1C. The fraction of sp³-hybridized carbons (Fsp3) is 0.611. The normalized spacial score (nSPS) is 10.3. The number of benzene rings is 1. The Morgan fingerprint density at radius 2 is 1.58 bits per heavy atom. The highest BCUT2D eigenvalue weighted by molar-refractivity contribution is 5.69. The molecular weight excluding hydrogens is 342 g/mol. The Balaban J connectivity index is 2.56. The highest BCUT2D eigenvalue weighted by Gasteiger charge is 2.18. The average molecular weight is 369 g/mol. The predicted molar refractivity (Wildman–Crippen MR) is 95.2 cm³/mol. The van der Waals surface area contributed by atoms with Gasteiger partial charge in [-0.2, -0.15) is 0 Å². The van der Waals surface area contributed by atoms with Crippen molar-refractivity contribution in [2.45, 2.75) is 46.5 Å². The van der Waals surface area contributed by atoms with Crippen LogP contribution in [0.15, 0.2) is 0 Å². The van der Waals surface area contributed by atoms with E-state index in [0.717, 1.165) is 33.8 Å². The molecule has 0 amide bonds. The molecule has 0 saturated carbocycles. The molecule has 0 saturated heterocycles. The smallest absolute Gasteiger partial charge is 0.305 e. The van der Waals surface area contributed by atoms with Gasteiger partial charge in [-0.25, -0.2) is 0 Å². The van der Waals surface area contributed by atoms with E-state index in [4.69, 9.17) is 14.2 Å². The van der Waals surface area contributed by atoms with Crippen LogP contribution in [0.1, 0.15) is 41.5 Å². The van der Waals surface area contributed by atoms with Crippen molar-refractivity contribution >= 4 is 5.97 Å². The van der Waals surface area contributed by atoms with Crippen molar-refractivity contribution in [3.05, 3.63) is 32.4 Å². The van der Waals surface area contributed by atoms with E-state index in [2.05, 4.69) is 4.84 Å². The van der Waals surface area contributed by atoms with E-state index in [1.54, 1.807) is 14.2 Å². The third-order valence-electron chi connectivity index (χ3n) is 4.28. The molecular formula is C18H27NO7. The van der Waals surface area contributed by atoms with Gasteiger partial charge in [0.15, 0.2) is 0 Å². The third-order valence-corrected chi connectivity index (χ3v) is 4.28. The Bertz CT molecular complexity index is 643. The maximum Gasteiger partial charge on any atom is 0.305 e. The summed E-state index contributed by atoms with van der Waals surface area (Å²) in [5.41, 5.74) is 4.15. The van der Waals surface area contributed by atoms with Crippen LogP contribution in [0.3, 0.4) is 0 Å². The average Bonchev–Trinajstić information content (AvgIpc) is 2.60. The Labute approximate surface area is 153 Å². The summed E-state index contributed by atoms with van der Waals surface area (Å²) >= 11 is 0. The van der Waals surface area contributed by atoms with E-state index >= 15 is 0 Å². The van der Waals surface area contributed by atoms with Crippen LogP contribution in [-0.2, 0) is 20.8 Å². The molecule has 1 rings (SSSR count). The Hall–Kier alpha value is -2.51. The molecule has 0 heterocycles. The molecule has 8 nitrogen and oxygen atoms in total. The molecule has 1 aromatic rings. The van der Waals surface area contributed by atoms with Gasteiger partial charge in [-0.1, -0.05) is 0 Å². The van der Waals surface area contributed by atoms with Crippen molar-refractivity contribution < 1.29 is 28.9 Å². The molecule has 0 unspecified atom stereocenters. The number of carbonyl (C=O) groups is 1. The molecule has 0 atom stereocenters. The zero-order valence-corrected chi connectivity index (χ0v) is 16.0. The topological polar surface area (TPSA) is 97.1 Å². The first kappa shape index (κ1) is 21.5. The van der Waals surface area contributed by atoms with Crippen LogP contribution < -0.4 is 9.47 Å².